The van der Waals surface area contributed by atoms with Crippen molar-refractivity contribution in [2.45, 2.75) is 18.4 Å². The monoisotopic (exact) mass is 197 g/mol. The Bertz CT molecular complexity index is 340. The van der Waals surface area contributed by atoms with Crippen LogP contribution in [0, 0.1) is 0 Å². The molecule has 1 unspecified atom stereocenters. The van der Waals surface area contributed by atoms with Crippen molar-refractivity contribution in [2.75, 3.05) is 6.61 Å². The molecular formula is C10H12ClNO. The Morgan fingerprint density at radius 1 is 1.54 bits per heavy atom. The van der Waals surface area contributed by atoms with Gasteiger partial charge in [0.25, 0.3) is 0 Å². The molecule has 1 aromatic carbocycles. The van der Waals surface area contributed by atoms with Crippen LogP contribution >= 0.6 is 11.6 Å². The summed E-state index contributed by atoms with van der Waals surface area (Å²) >= 11 is 5.87. The molecule has 0 saturated carbocycles. The van der Waals surface area contributed by atoms with E-state index in [1.807, 2.05) is 18.2 Å². The average Bonchev–Trinajstić information content (AvgIpc) is 2.45. The van der Waals surface area contributed by atoms with Crippen LogP contribution in [0.2, 0.25) is 5.02 Å². The van der Waals surface area contributed by atoms with Crippen LogP contribution in [-0.4, -0.2) is 11.7 Å². The first-order valence-corrected chi connectivity index (χ1v) is 4.72. The van der Waals surface area contributed by atoms with Gasteiger partial charge in [0.05, 0.1) is 12.1 Å². The summed E-state index contributed by atoms with van der Waals surface area (Å²) in [5, 5.41) is 9.88. The molecule has 0 aromatic heterocycles. The zero-order chi connectivity index (χ0) is 9.47. The van der Waals surface area contributed by atoms with Gasteiger partial charge in [-0.15, -0.1) is 0 Å². The highest BCUT2D eigenvalue weighted by atomic mass is 35.5. The number of hydrogen-bond acceptors (Lipinski definition) is 2. The molecule has 0 bridgehead atoms. The quantitative estimate of drug-likeness (QED) is 0.716. The largest absolute Gasteiger partial charge is 0.394 e. The van der Waals surface area contributed by atoms with Crippen LogP contribution in [-0.2, 0) is 12.0 Å². The first kappa shape index (κ1) is 9.00. The van der Waals surface area contributed by atoms with Gasteiger partial charge < -0.3 is 10.8 Å². The Hall–Kier alpha value is -0.570. The Balaban J connectivity index is 2.52. The molecule has 13 heavy (non-hydrogen) atoms. The summed E-state index contributed by atoms with van der Waals surface area (Å²) in [7, 11) is 0. The molecule has 0 heterocycles. The molecule has 3 N–H and O–H groups in total. The van der Waals surface area contributed by atoms with E-state index in [9.17, 15) is 5.11 Å². The van der Waals surface area contributed by atoms with Crippen LogP contribution in [0.5, 0.6) is 0 Å². The van der Waals surface area contributed by atoms with E-state index < -0.39 is 5.54 Å². The number of aryl methyl sites for hydroxylation is 1. The van der Waals surface area contributed by atoms with Gasteiger partial charge in [0.1, 0.15) is 0 Å². The molecule has 2 nitrogen and oxygen atoms in total. The van der Waals surface area contributed by atoms with Gasteiger partial charge >= 0.3 is 0 Å². The van der Waals surface area contributed by atoms with E-state index in [0.717, 1.165) is 18.4 Å². The first-order valence-electron chi connectivity index (χ1n) is 4.34. The second kappa shape index (κ2) is 2.98. The number of benzene rings is 1. The van der Waals surface area contributed by atoms with Gasteiger partial charge in [-0.3, -0.25) is 0 Å². The molecule has 0 aliphatic heterocycles. The zero-order valence-electron chi connectivity index (χ0n) is 7.26. The lowest BCUT2D eigenvalue weighted by atomic mass is 9.94. The van der Waals surface area contributed by atoms with Gasteiger partial charge in [-0.05, 0) is 36.1 Å². The van der Waals surface area contributed by atoms with Crippen LogP contribution in [0.15, 0.2) is 18.2 Å². The second-order valence-corrected chi connectivity index (χ2v) is 4.05. The Labute approximate surface area is 82.3 Å². The minimum absolute atomic E-state index is 0.0135. The Kier molecular flexibility index (Phi) is 2.06. The topological polar surface area (TPSA) is 46.2 Å². The van der Waals surface area contributed by atoms with E-state index in [2.05, 4.69) is 0 Å². The van der Waals surface area contributed by atoms with Gasteiger partial charge in [0.15, 0.2) is 0 Å². The summed E-state index contributed by atoms with van der Waals surface area (Å²) in [6.07, 6.45) is 1.74. The van der Waals surface area contributed by atoms with Gasteiger partial charge in [0, 0.05) is 5.02 Å². The SMILES string of the molecule is NC1(CO)CCc2ccc(Cl)cc21. The smallest absolute Gasteiger partial charge is 0.0653 e. The second-order valence-electron chi connectivity index (χ2n) is 3.62. The van der Waals surface area contributed by atoms with E-state index in [1.54, 1.807) is 0 Å². The maximum atomic E-state index is 9.19. The van der Waals surface area contributed by atoms with E-state index in [1.165, 1.54) is 5.56 Å². The summed E-state index contributed by atoms with van der Waals surface area (Å²) in [6.45, 7) is -0.0135. The van der Waals surface area contributed by atoms with E-state index in [-0.39, 0.29) is 6.61 Å². The average molecular weight is 198 g/mol. The molecule has 2 rings (SSSR count). The third kappa shape index (κ3) is 1.35. The number of halogens is 1. The zero-order valence-corrected chi connectivity index (χ0v) is 8.01. The van der Waals surface area contributed by atoms with Crippen LogP contribution in [0.4, 0.5) is 0 Å². The van der Waals surface area contributed by atoms with Gasteiger partial charge in [-0.2, -0.15) is 0 Å². The summed E-state index contributed by atoms with van der Waals surface area (Å²) in [4.78, 5) is 0. The molecular weight excluding hydrogens is 186 g/mol. The lowest BCUT2D eigenvalue weighted by Crippen LogP contribution is -2.37. The molecule has 70 valence electrons. The van der Waals surface area contributed by atoms with Gasteiger partial charge in [0.2, 0.25) is 0 Å². The first-order chi connectivity index (χ1) is 6.15. The lowest BCUT2D eigenvalue weighted by Gasteiger charge is -2.22. The van der Waals surface area contributed by atoms with Crippen LogP contribution in [0.3, 0.4) is 0 Å². The minimum Gasteiger partial charge on any atom is -0.394 e. The fourth-order valence-electron chi connectivity index (χ4n) is 1.89. The van der Waals surface area contributed by atoms with Crippen molar-refractivity contribution in [3.8, 4) is 0 Å². The van der Waals surface area contributed by atoms with Crippen molar-refractivity contribution in [3.63, 3.8) is 0 Å². The number of aliphatic hydroxyl groups excluding tert-OH is 1. The highest BCUT2D eigenvalue weighted by molar-refractivity contribution is 6.30. The predicted molar refractivity (Wildman–Crippen MR) is 52.7 cm³/mol. The van der Waals surface area contributed by atoms with Crippen molar-refractivity contribution in [1.82, 2.24) is 0 Å². The molecule has 0 radical (unpaired) electrons. The number of aliphatic hydroxyl groups is 1. The number of hydrogen-bond donors (Lipinski definition) is 2. The Morgan fingerprint density at radius 3 is 3.00 bits per heavy atom. The molecule has 0 fully saturated rings. The molecule has 0 spiro atoms. The van der Waals surface area contributed by atoms with Gasteiger partial charge in [-0.1, -0.05) is 17.7 Å². The fourth-order valence-corrected chi connectivity index (χ4v) is 2.06. The van der Waals surface area contributed by atoms with E-state index >= 15 is 0 Å². The third-order valence-corrected chi connectivity index (χ3v) is 2.97. The van der Waals surface area contributed by atoms with Crippen molar-refractivity contribution in [1.29, 1.82) is 0 Å². The van der Waals surface area contributed by atoms with E-state index in [4.69, 9.17) is 17.3 Å². The molecule has 3 heteroatoms. The van der Waals surface area contributed by atoms with Gasteiger partial charge in [-0.25, -0.2) is 0 Å². The number of nitrogens with two attached hydrogens (primary N) is 1. The van der Waals surface area contributed by atoms with Crippen LogP contribution < -0.4 is 5.73 Å². The highest BCUT2D eigenvalue weighted by Gasteiger charge is 2.34. The standard InChI is InChI=1S/C10H12ClNO/c11-8-2-1-7-3-4-10(12,6-13)9(7)5-8/h1-2,5,13H,3-4,6,12H2. The minimum atomic E-state index is -0.569. The molecule has 0 saturated heterocycles. The molecule has 1 aliphatic carbocycles. The normalized spacial score (nSPS) is 26.1. The lowest BCUT2D eigenvalue weighted by molar-refractivity contribution is 0.197. The maximum Gasteiger partial charge on any atom is 0.0653 e. The molecule has 1 aliphatic rings. The third-order valence-electron chi connectivity index (χ3n) is 2.73. The van der Waals surface area contributed by atoms with Crippen molar-refractivity contribution >= 4 is 11.6 Å². The fraction of sp³-hybridized carbons (Fsp3) is 0.400. The summed E-state index contributed by atoms with van der Waals surface area (Å²) in [6, 6.07) is 5.71. The maximum absolute atomic E-state index is 9.19. The Morgan fingerprint density at radius 2 is 2.31 bits per heavy atom. The van der Waals surface area contributed by atoms with Crippen LogP contribution in [0.1, 0.15) is 17.5 Å². The predicted octanol–water partition coefficient (Wildman–Crippen LogP) is 1.43. The summed E-state index contributed by atoms with van der Waals surface area (Å²) in [5.41, 5.74) is 7.67. The molecule has 0 amide bonds. The number of fused-ring (bicyclic) bond motifs is 1. The highest BCUT2D eigenvalue weighted by Crippen LogP contribution is 2.35. The molecule has 1 aromatic rings. The van der Waals surface area contributed by atoms with Crippen molar-refractivity contribution < 1.29 is 5.11 Å². The number of rotatable bonds is 1. The van der Waals surface area contributed by atoms with Crippen LogP contribution in [0.25, 0.3) is 0 Å². The van der Waals surface area contributed by atoms with Crippen molar-refractivity contribution in [2.24, 2.45) is 5.73 Å². The summed E-state index contributed by atoms with van der Waals surface area (Å²) < 4.78 is 0. The summed E-state index contributed by atoms with van der Waals surface area (Å²) in [5.74, 6) is 0. The van der Waals surface area contributed by atoms with E-state index in [0.29, 0.717) is 5.02 Å². The molecule has 1 atom stereocenters. The van der Waals surface area contributed by atoms with Crippen molar-refractivity contribution in [3.05, 3.63) is 34.3 Å².